The van der Waals surface area contributed by atoms with Crippen LogP contribution in [-0.4, -0.2) is 18.7 Å². The number of hydrogen-bond acceptors (Lipinski definition) is 1. The largest absolute Gasteiger partial charge is 0.309 e. The molecule has 4 heteroatoms. The van der Waals surface area contributed by atoms with Gasteiger partial charge in [0.25, 0.3) is 0 Å². The van der Waals surface area contributed by atoms with Gasteiger partial charge >= 0.3 is 0 Å². The molecule has 0 atom stereocenters. The van der Waals surface area contributed by atoms with Crippen molar-refractivity contribution in [3.05, 3.63) is 170 Å². The lowest BCUT2D eigenvalue weighted by atomic mass is 10.1. The van der Waals surface area contributed by atoms with Crippen molar-refractivity contribution in [2.75, 3.05) is 0 Å². The number of imidazole rings is 1. The average Bonchev–Trinajstić information content (AvgIpc) is 3.80. The van der Waals surface area contributed by atoms with Crippen molar-refractivity contribution in [1.29, 1.82) is 0 Å². The molecule has 3 aromatic heterocycles. The van der Waals surface area contributed by atoms with Crippen LogP contribution in [0.5, 0.6) is 0 Å². The number of nitrogens with zero attached hydrogens (tertiary/aromatic N) is 4. The normalized spacial score (nSPS) is 11.8. The summed E-state index contributed by atoms with van der Waals surface area (Å²) in [6, 6.07) is 60.5. The van der Waals surface area contributed by atoms with Crippen LogP contribution in [0.1, 0.15) is 0 Å². The second kappa shape index (κ2) is 10.1. The van der Waals surface area contributed by atoms with Crippen LogP contribution in [0.25, 0.3) is 83.1 Å². The first-order valence-corrected chi connectivity index (χ1v) is 16.0. The molecule has 0 saturated carbocycles. The molecule has 0 aliphatic heterocycles. The maximum absolute atomic E-state index is 5.11. The standard InChI is InChI=1S/C43H28N4/c1-3-13-30(14-4-1)45-38-21-11-8-18-35(38)41-40(45)28-27-34-33-17-7-10-20-37(33)46(42(34)41)32-25-23-29(24-26-32)43-44-36-19-9-12-22-39(36)47(43)31-15-5-2-6-16-31/h1-28H. The molecule has 0 radical (unpaired) electrons. The third-order valence-corrected chi connectivity index (χ3v) is 9.44. The fourth-order valence-electron chi connectivity index (χ4n) is 7.45. The predicted octanol–water partition coefficient (Wildman–Crippen LogP) is 10.9. The summed E-state index contributed by atoms with van der Waals surface area (Å²) in [5.74, 6) is 0.930. The summed E-state index contributed by atoms with van der Waals surface area (Å²) < 4.78 is 7.09. The number of fused-ring (bicyclic) bond motifs is 8. The monoisotopic (exact) mass is 600 g/mol. The van der Waals surface area contributed by atoms with Crippen molar-refractivity contribution < 1.29 is 0 Å². The Balaban J connectivity index is 1.24. The van der Waals surface area contributed by atoms with Crippen molar-refractivity contribution in [2.45, 2.75) is 0 Å². The van der Waals surface area contributed by atoms with Gasteiger partial charge in [-0.15, -0.1) is 0 Å². The van der Waals surface area contributed by atoms with Gasteiger partial charge in [-0.05, 0) is 78.9 Å². The zero-order valence-electron chi connectivity index (χ0n) is 25.5. The van der Waals surface area contributed by atoms with E-state index < -0.39 is 0 Å². The lowest BCUT2D eigenvalue weighted by Crippen LogP contribution is -1.98. The Morgan fingerprint density at radius 2 is 0.894 bits per heavy atom. The highest BCUT2D eigenvalue weighted by Gasteiger charge is 2.21. The van der Waals surface area contributed by atoms with Crippen molar-refractivity contribution >= 4 is 54.6 Å². The molecule has 4 nitrogen and oxygen atoms in total. The Kier molecular flexibility index (Phi) is 5.54. The number of hydrogen-bond donors (Lipinski definition) is 0. The van der Waals surface area contributed by atoms with Gasteiger partial charge in [-0.25, -0.2) is 4.98 Å². The zero-order chi connectivity index (χ0) is 30.9. The van der Waals surface area contributed by atoms with E-state index in [0.29, 0.717) is 0 Å². The zero-order valence-corrected chi connectivity index (χ0v) is 25.5. The molecule has 0 unspecified atom stereocenters. The van der Waals surface area contributed by atoms with Crippen LogP contribution in [0.3, 0.4) is 0 Å². The minimum absolute atomic E-state index is 0.930. The third kappa shape index (κ3) is 3.79. The summed E-state index contributed by atoms with van der Waals surface area (Å²) in [5, 5.41) is 5.00. The molecule has 0 fully saturated rings. The second-order valence-corrected chi connectivity index (χ2v) is 12.0. The highest BCUT2D eigenvalue weighted by Crippen LogP contribution is 2.42. The Hall–Kier alpha value is -6.39. The smallest absolute Gasteiger partial charge is 0.145 e. The minimum atomic E-state index is 0.930. The Morgan fingerprint density at radius 1 is 0.340 bits per heavy atom. The molecule has 47 heavy (non-hydrogen) atoms. The highest BCUT2D eigenvalue weighted by atomic mass is 15.1. The lowest BCUT2D eigenvalue weighted by Gasteiger charge is -2.12. The van der Waals surface area contributed by atoms with Crippen molar-refractivity contribution in [3.63, 3.8) is 0 Å². The molecule has 0 N–H and O–H groups in total. The van der Waals surface area contributed by atoms with E-state index in [1.54, 1.807) is 0 Å². The molecule has 10 rings (SSSR count). The van der Waals surface area contributed by atoms with Gasteiger partial charge in [0.15, 0.2) is 0 Å². The topological polar surface area (TPSA) is 27.7 Å². The van der Waals surface area contributed by atoms with Crippen LogP contribution >= 0.6 is 0 Å². The first-order valence-electron chi connectivity index (χ1n) is 16.0. The van der Waals surface area contributed by atoms with Gasteiger partial charge in [0.05, 0.1) is 33.1 Å². The molecule has 3 heterocycles. The predicted molar refractivity (Wildman–Crippen MR) is 195 cm³/mol. The quantitative estimate of drug-likeness (QED) is 0.197. The van der Waals surface area contributed by atoms with Gasteiger partial charge in [0, 0.05) is 44.2 Å². The number of aromatic nitrogens is 4. The summed E-state index contributed by atoms with van der Waals surface area (Å²) in [6.07, 6.45) is 0. The summed E-state index contributed by atoms with van der Waals surface area (Å²) in [5.41, 5.74) is 11.3. The number of rotatable bonds is 4. The summed E-state index contributed by atoms with van der Waals surface area (Å²) in [4.78, 5) is 5.11. The molecule has 0 saturated heterocycles. The maximum atomic E-state index is 5.11. The van der Waals surface area contributed by atoms with E-state index in [9.17, 15) is 0 Å². The fourth-order valence-corrected chi connectivity index (χ4v) is 7.45. The Labute approximate surface area is 271 Å². The van der Waals surface area contributed by atoms with Gasteiger partial charge < -0.3 is 9.13 Å². The van der Waals surface area contributed by atoms with Crippen molar-refractivity contribution in [2.24, 2.45) is 0 Å². The molecule has 0 aliphatic rings. The van der Waals surface area contributed by atoms with Gasteiger partial charge in [0.1, 0.15) is 5.82 Å². The third-order valence-electron chi connectivity index (χ3n) is 9.44. The van der Waals surface area contributed by atoms with Gasteiger partial charge in [-0.3, -0.25) is 4.57 Å². The molecule has 0 amide bonds. The van der Waals surface area contributed by atoms with E-state index >= 15 is 0 Å². The van der Waals surface area contributed by atoms with E-state index in [0.717, 1.165) is 39.5 Å². The molecule has 220 valence electrons. The fraction of sp³-hybridized carbons (Fsp3) is 0. The first-order chi connectivity index (χ1) is 23.3. The number of benzene rings is 7. The molecular formula is C43H28N4. The summed E-state index contributed by atoms with van der Waals surface area (Å²) in [6.45, 7) is 0. The molecular weight excluding hydrogens is 573 g/mol. The number of para-hydroxylation sites is 6. The minimum Gasteiger partial charge on any atom is -0.309 e. The molecule has 7 aromatic carbocycles. The van der Waals surface area contributed by atoms with E-state index in [4.69, 9.17) is 4.98 Å². The Bertz CT molecular complexity index is 2760. The van der Waals surface area contributed by atoms with Crippen molar-refractivity contribution in [3.8, 4) is 28.5 Å². The molecule has 10 aromatic rings. The van der Waals surface area contributed by atoms with Crippen LogP contribution in [0.2, 0.25) is 0 Å². The van der Waals surface area contributed by atoms with Crippen LogP contribution in [0, 0.1) is 0 Å². The molecule has 0 bridgehead atoms. The lowest BCUT2D eigenvalue weighted by molar-refractivity contribution is 1.10. The maximum Gasteiger partial charge on any atom is 0.145 e. The molecule has 0 aliphatic carbocycles. The van der Waals surface area contributed by atoms with Crippen LogP contribution < -0.4 is 0 Å². The van der Waals surface area contributed by atoms with Gasteiger partial charge in [-0.2, -0.15) is 0 Å². The summed E-state index contributed by atoms with van der Waals surface area (Å²) in [7, 11) is 0. The van der Waals surface area contributed by atoms with E-state index in [-0.39, 0.29) is 0 Å². The highest BCUT2D eigenvalue weighted by molar-refractivity contribution is 6.26. The second-order valence-electron chi connectivity index (χ2n) is 12.0. The van der Waals surface area contributed by atoms with Gasteiger partial charge in [0.2, 0.25) is 0 Å². The van der Waals surface area contributed by atoms with E-state index in [2.05, 4.69) is 184 Å². The van der Waals surface area contributed by atoms with Crippen LogP contribution in [-0.2, 0) is 0 Å². The van der Waals surface area contributed by atoms with Crippen LogP contribution in [0.15, 0.2) is 170 Å². The van der Waals surface area contributed by atoms with E-state index in [1.807, 2.05) is 0 Å². The Morgan fingerprint density at radius 3 is 1.62 bits per heavy atom. The SMILES string of the molecule is c1ccc(-n2c(-c3ccc(-n4c5ccccc5c5ccc6c(c7ccccc7n6-c6ccccc6)c54)cc3)nc3ccccc32)cc1. The summed E-state index contributed by atoms with van der Waals surface area (Å²) >= 11 is 0. The average molecular weight is 601 g/mol. The van der Waals surface area contributed by atoms with E-state index in [1.165, 1.54) is 43.6 Å². The van der Waals surface area contributed by atoms with Crippen molar-refractivity contribution in [1.82, 2.24) is 18.7 Å². The molecule has 0 spiro atoms. The van der Waals surface area contributed by atoms with Crippen LogP contribution in [0.4, 0.5) is 0 Å². The first kappa shape index (κ1) is 25.9. The van der Waals surface area contributed by atoms with Gasteiger partial charge in [-0.1, -0.05) is 91.0 Å².